The number of phenols is 1. The smallest absolute Gasteiger partial charge is 0.193 e. The minimum Gasteiger partial charge on any atom is -0.504 e. The van der Waals surface area contributed by atoms with Crippen LogP contribution >= 0.6 is 0 Å². The molecular weight excluding hydrogens is 636 g/mol. The highest BCUT2D eigenvalue weighted by Gasteiger charge is 2.46. The summed E-state index contributed by atoms with van der Waals surface area (Å²) in [7, 11) is 4.43. The van der Waals surface area contributed by atoms with Crippen LogP contribution in [-0.4, -0.2) is 54.0 Å². The van der Waals surface area contributed by atoms with E-state index in [0.29, 0.717) is 42.9 Å². The third-order valence-electron chi connectivity index (χ3n) is 8.64. The number of fused-ring (bicyclic) bond motifs is 2. The topological polar surface area (TPSA) is 178 Å². The Hall–Kier alpha value is -5.30. The molecule has 0 saturated carbocycles. The fourth-order valence-corrected chi connectivity index (χ4v) is 5.95. The van der Waals surface area contributed by atoms with E-state index in [1.165, 1.54) is 38.5 Å². The summed E-state index contributed by atoms with van der Waals surface area (Å²) in [5, 5.41) is 42.7. The molecule has 0 spiro atoms. The predicted octanol–water partition coefficient (Wildman–Crippen LogP) is 3.94. The summed E-state index contributed by atoms with van der Waals surface area (Å²) >= 11 is 0. The van der Waals surface area contributed by atoms with Crippen LogP contribution in [0.3, 0.4) is 0 Å². The minimum atomic E-state index is -1.77. The van der Waals surface area contributed by atoms with Crippen LogP contribution in [0.4, 0.5) is 0 Å². The van der Waals surface area contributed by atoms with Gasteiger partial charge in [0.25, 0.3) is 0 Å². The van der Waals surface area contributed by atoms with E-state index < -0.39 is 29.8 Å². The van der Waals surface area contributed by atoms with Crippen LogP contribution in [0.25, 0.3) is 11.0 Å². The van der Waals surface area contributed by atoms with Crippen LogP contribution in [0.2, 0.25) is 0 Å². The molecular formula is C37H36O12. The van der Waals surface area contributed by atoms with Crippen molar-refractivity contribution in [1.29, 1.82) is 0 Å². The first-order valence-corrected chi connectivity index (χ1v) is 15.6. The van der Waals surface area contributed by atoms with E-state index in [0.717, 1.165) is 11.1 Å². The molecule has 1 aliphatic rings. The van der Waals surface area contributed by atoms with Gasteiger partial charge >= 0.3 is 0 Å². The Morgan fingerprint density at radius 1 is 0.653 bits per heavy atom. The maximum absolute atomic E-state index is 13.3. The van der Waals surface area contributed by atoms with Crippen LogP contribution in [-0.2, 0) is 25.7 Å². The number of rotatable bonds is 11. The first-order chi connectivity index (χ1) is 23.6. The predicted molar refractivity (Wildman–Crippen MR) is 177 cm³/mol. The average Bonchev–Trinajstić information content (AvgIpc) is 3.10. The molecule has 0 radical (unpaired) electrons. The number of aryl methyl sites for hydroxylation is 4. The molecule has 0 amide bonds. The molecule has 4 N–H and O–H groups in total. The second kappa shape index (κ2) is 14.0. The van der Waals surface area contributed by atoms with Crippen molar-refractivity contribution in [2.45, 2.75) is 50.1 Å². The van der Waals surface area contributed by atoms with Crippen molar-refractivity contribution in [3.63, 3.8) is 0 Å². The Morgan fingerprint density at radius 3 is 1.98 bits per heavy atom. The zero-order valence-corrected chi connectivity index (χ0v) is 27.0. The molecule has 12 heteroatoms. The summed E-state index contributed by atoms with van der Waals surface area (Å²) < 4.78 is 34.1. The molecule has 0 bridgehead atoms. The maximum atomic E-state index is 13.3. The lowest BCUT2D eigenvalue weighted by atomic mass is 9.86. The molecule has 0 unspecified atom stereocenters. The van der Waals surface area contributed by atoms with E-state index in [1.807, 2.05) is 30.3 Å². The van der Waals surface area contributed by atoms with Crippen molar-refractivity contribution in [2.24, 2.45) is 0 Å². The average molecular weight is 673 g/mol. The minimum absolute atomic E-state index is 0.00799. The lowest BCUT2D eigenvalue weighted by Crippen LogP contribution is -2.46. The summed E-state index contributed by atoms with van der Waals surface area (Å²) in [6, 6.07) is 18.0. The van der Waals surface area contributed by atoms with Gasteiger partial charge in [-0.05, 0) is 54.3 Å². The van der Waals surface area contributed by atoms with Gasteiger partial charge in [-0.15, -0.1) is 0 Å². The fraction of sp³-hybridized carbons (Fsp3) is 0.297. The molecule has 4 atom stereocenters. The van der Waals surface area contributed by atoms with Crippen LogP contribution in [0.5, 0.6) is 28.7 Å². The fourth-order valence-electron chi connectivity index (χ4n) is 5.95. The van der Waals surface area contributed by atoms with Gasteiger partial charge in [-0.2, -0.15) is 0 Å². The SMILES string of the molecule is COc1ccc(CCc2cc(=O)c3c(o2)[C@@H](Oc2cc4c(=O)cc(CCc5ccc(OC)c(O)c5)oc4cc2OC)[C@H](O)[C@H](O)[C@@H]3O)cc1. The molecule has 6 rings (SSSR count). The van der Waals surface area contributed by atoms with E-state index in [1.54, 1.807) is 19.2 Å². The summed E-state index contributed by atoms with van der Waals surface area (Å²) in [6.45, 7) is 0. The van der Waals surface area contributed by atoms with Crippen molar-refractivity contribution < 1.29 is 48.2 Å². The van der Waals surface area contributed by atoms with E-state index in [-0.39, 0.29) is 50.7 Å². The molecule has 49 heavy (non-hydrogen) atoms. The Kier molecular flexibility index (Phi) is 9.63. The van der Waals surface area contributed by atoms with Gasteiger partial charge in [0.2, 0.25) is 0 Å². The van der Waals surface area contributed by atoms with Gasteiger partial charge in [0.15, 0.2) is 45.7 Å². The molecule has 256 valence electrons. The highest BCUT2D eigenvalue weighted by molar-refractivity contribution is 5.81. The largest absolute Gasteiger partial charge is 0.504 e. The van der Waals surface area contributed by atoms with Crippen LogP contribution in [0, 0.1) is 0 Å². The highest BCUT2D eigenvalue weighted by Crippen LogP contribution is 2.41. The van der Waals surface area contributed by atoms with E-state index in [4.69, 9.17) is 27.8 Å². The summed E-state index contributed by atoms with van der Waals surface area (Å²) in [6.07, 6.45) is -4.96. The first-order valence-electron chi connectivity index (χ1n) is 15.6. The van der Waals surface area contributed by atoms with Crippen molar-refractivity contribution in [2.75, 3.05) is 21.3 Å². The van der Waals surface area contributed by atoms with Crippen LogP contribution < -0.4 is 29.8 Å². The monoisotopic (exact) mass is 672 g/mol. The zero-order chi connectivity index (χ0) is 34.8. The van der Waals surface area contributed by atoms with Gasteiger partial charge in [0.05, 0.1) is 32.3 Å². The molecule has 2 aromatic heterocycles. The van der Waals surface area contributed by atoms with E-state index in [9.17, 15) is 30.0 Å². The Balaban J connectivity index is 1.29. The summed E-state index contributed by atoms with van der Waals surface area (Å²) in [5.41, 5.74) is 0.820. The normalized spacial score (nSPS) is 18.6. The molecule has 12 nitrogen and oxygen atoms in total. The van der Waals surface area contributed by atoms with Gasteiger partial charge in [-0.1, -0.05) is 18.2 Å². The van der Waals surface area contributed by atoms with E-state index in [2.05, 4.69) is 0 Å². The molecule has 1 aliphatic carbocycles. The standard InChI is InChI=1S/C37H36O12/c1-44-21-9-4-19(5-10-21)6-11-23-16-27(40)32-33(41)34(42)35(43)37(36(32)48-23)49-31-17-24-25(38)15-22(47-29(24)18-30(31)46-3)12-7-20-8-13-28(45-2)26(39)14-20/h4-5,8-10,13-18,33-35,37,39,41-43H,6-7,11-12H2,1-3H3/t33-,34-,35-,37+/m1/s1. The van der Waals surface area contributed by atoms with Crippen LogP contribution in [0.15, 0.2) is 85.2 Å². The number of aliphatic hydroxyl groups is 3. The maximum Gasteiger partial charge on any atom is 0.193 e. The van der Waals surface area contributed by atoms with Gasteiger partial charge < -0.3 is 48.2 Å². The third kappa shape index (κ3) is 6.84. The quantitative estimate of drug-likeness (QED) is 0.159. The van der Waals surface area contributed by atoms with Crippen LogP contribution in [0.1, 0.15) is 46.2 Å². The number of aliphatic hydroxyl groups excluding tert-OH is 3. The van der Waals surface area contributed by atoms with Gasteiger partial charge in [-0.3, -0.25) is 9.59 Å². The number of aromatic hydroxyl groups is 1. The molecule has 0 saturated heterocycles. The van der Waals surface area contributed by atoms with Gasteiger partial charge in [0, 0.05) is 31.0 Å². The van der Waals surface area contributed by atoms with Crippen molar-refractivity contribution in [3.8, 4) is 28.7 Å². The number of phenolic OH excluding ortho intramolecular Hbond substituents is 1. The first kappa shape index (κ1) is 33.6. The number of benzene rings is 3. The van der Waals surface area contributed by atoms with E-state index >= 15 is 0 Å². The van der Waals surface area contributed by atoms with Gasteiger partial charge in [-0.25, -0.2) is 0 Å². The second-order valence-corrected chi connectivity index (χ2v) is 11.7. The Labute approximate surface area is 280 Å². The third-order valence-corrected chi connectivity index (χ3v) is 8.64. The summed E-state index contributed by atoms with van der Waals surface area (Å²) in [4.78, 5) is 26.5. The van der Waals surface area contributed by atoms with Crippen molar-refractivity contribution in [3.05, 3.63) is 121 Å². The molecule has 5 aromatic rings. The molecule has 0 aliphatic heterocycles. The number of hydrogen-bond donors (Lipinski definition) is 4. The molecule has 3 aromatic carbocycles. The second-order valence-electron chi connectivity index (χ2n) is 11.7. The lowest BCUT2D eigenvalue weighted by molar-refractivity contribution is -0.121. The number of methoxy groups -OCH3 is 3. The molecule has 2 heterocycles. The van der Waals surface area contributed by atoms with Crippen molar-refractivity contribution in [1.82, 2.24) is 0 Å². The Bertz CT molecular complexity index is 2080. The number of ether oxygens (including phenoxy) is 4. The number of hydrogen-bond acceptors (Lipinski definition) is 12. The van der Waals surface area contributed by atoms with Gasteiger partial charge in [0.1, 0.15) is 41.2 Å². The Morgan fingerprint density at radius 2 is 1.31 bits per heavy atom. The molecule has 0 fully saturated rings. The lowest BCUT2D eigenvalue weighted by Gasteiger charge is -2.35. The summed E-state index contributed by atoms with van der Waals surface area (Å²) in [5.74, 6) is 1.76. The zero-order valence-electron chi connectivity index (χ0n) is 27.0. The van der Waals surface area contributed by atoms with Crippen molar-refractivity contribution >= 4 is 11.0 Å². The highest BCUT2D eigenvalue weighted by atomic mass is 16.5.